The van der Waals surface area contributed by atoms with E-state index in [9.17, 15) is 0 Å². The van der Waals surface area contributed by atoms with Crippen molar-refractivity contribution < 1.29 is 4.74 Å². The molecular formula is C5H6INOS. The third kappa shape index (κ3) is 2.59. The van der Waals surface area contributed by atoms with Crippen molar-refractivity contribution in [3.8, 4) is 0 Å². The second-order valence-electron chi connectivity index (χ2n) is 1.45. The summed E-state index contributed by atoms with van der Waals surface area (Å²) >= 11 is 3.62. The van der Waals surface area contributed by atoms with Crippen LogP contribution in [0.4, 0.5) is 0 Å². The van der Waals surface area contributed by atoms with Crippen LogP contribution in [0.1, 0.15) is 5.69 Å². The van der Waals surface area contributed by atoms with E-state index < -0.39 is 0 Å². The van der Waals surface area contributed by atoms with Crippen molar-refractivity contribution in [2.75, 3.05) is 4.61 Å². The van der Waals surface area contributed by atoms with E-state index in [4.69, 9.17) is 4.74 Å². The van der Waals surface area contributed by atoms with Crippen LogP contribution in [-0.2, 0) is 11.3 Å². The maximum atomic E-state index is 5.11. The van der Waals surface area contributed by atoms with Crippen LogP contribution in [0.5, 0.6) is 0 Å². The van der Waals surface area contributed by atoms with Crippen molar-refractivity contribution in [1.82, 2.24) is 4.37 Å². The Labute approximate surface area is 71.5 Å². The summed E-state index contributed by atoms with van der Waals surface area (Å²) in [5.74, 6) is 0. The second kappa shape index (κ2) is 4.19. The van der Waals surface area contributed by atoms with E-state index in [0.717, 1.165) is 10.3 Å². The Kier molecular flexibility index (Phi) is 3.45. The van der Waals surface area contributed by atoms with Gasteiger partial charge in [-0.1, -0.05) is 22.6 Å². The standard InChI is InChI=1S/C5H6INOS/c6-4-8-3-5-1-2-9-7-5/h1-2H,3-4H2. The number of alkyl halides is 1. The summed E-state index contributed by atoms with van der Waals surface area (Å²) in [5, 5.41) is 1.95. The average molecular weight is 255 g/mol. The van der Waals surface area contributed by atoms with Gasteiger partial charge in [0, 0.05) is 5.38 Å². The van der Waals surface area contributed by atoms with Gasteiger partial charge >= 0.3 is 0 Å². The van der Waals surface area contributed by atoms with E-state index in [-0.39, 0.29) is 0 Å². The topological polar surface area (TPSA) is 22.1 Å². The predicted molar refractivity (Wildman–Crippen MR) is 45.8 cm³/mol. The summed E-state index contributed by atoms with van der Waals surface area (Å²) in [5.41, 5.74) is 1.02. The summed E-state index contributed by atoms with van der Waals surface area (Å²) in [6, 6.07) is 1.97. The fourth-order valence-corrected chi connectivity index (χ4v) is 1.20. The molecule has 1 aromatic rings. The van der Waals surface area contributed by atoms with Crippen molar-refractivity contribution in [3.63, 3.8) is 0 Å². The predicted octanol–water partition coefficient (Wildman–Crippen LogP) is 2.05. The van der Waals surface area contributed by atoms with Crippen LogP contribution in [0.25, 0.3) is 0 Å². The van der Waals surface area contributed by atoms with E-state index in [2.05, 4.69) is 27.0 Å². The molecule has 0 saturated heterocycles. The molecule has 0 amide bonds. The number of aromatic nitrogens is 1. The van der Waals surface area contributed by atoms with Crippen LogP contribution in [0.2, 0.25) is 0 Å². The Morgan fingerprint density at radius 2 is 2.67 bits per heavy atom. The Bertz CT molecular complexity index is 154. The van der Waals surface area contributed by atoms with Gasteiger partial charge in [-0.15, -0.1) is 0 Å². The lowest BCUT2D eigenvalue weighted by Crippen LogP contribution is -1.88. The summed E-state index contributed by atoms with van der Waals surface area (Å²) in [4.78, 5) is 0. The molecule has 0 saturated carbocycles. The number of halogens is 1. The van der Waals surface area contributed by atoms with Crippen molar-refractivity contribution in [1.29, 1.82) is 0 Å². The molecule has 0 bridgehead atoms. The van der Waals surface area contributed by atoms with E-state index in [1.165, 1.54) is 11.5 Å². The van der Waals surface area contributed by atoms with Gasteiger partial charge in [0.2, 0.25) is 0 Å². The monoisotopic (exact) mass is 255 g/mol. The number of hydrogen-bond acceptors (Lipinski definition) is 3. The second-order valence-corrected chi connectivity index (χ2v) is 2.74. The first-order valence-electron chi connectivity index (χ1n) is 2.46. The normalized spacial score (nSPS) is 9.89. The molecule has 0 N–H and O–H groups in total. The molecule has 1 aromatic heterocycles. The van der Waals surface area contributed by atoms with E-state index >= 15 is 0 Å². The minimum absolute atomic E-state index is 0.645. The summed E-state index contributed by atoms with van der Waals surface area (Å²) in [6.45, 7) is 0.645. The first-order valence-corrected chi connectivity index (χ1v) is 4.82. The van der Waals surface area contributed by atoms with Crippen LogP contribution in [0.15, 0.2) is 11.4 Å². The van der Waals surface area contributed by atoms with E-state index in [1.54, 1.807) is 0 Å². The first kappa shape index (κ1) is 7.43. The summed E-state index contributed by atoms with van der Waals surface area (Å²) < 4.78 is 9.91. The van der Waals surface area contributed by atoms with Gasteiger partial charge in [0.1, 0.15) is 0 Å². The zero-order valence-electron chi connectivity index (χ0n) is 4.71. The van der Waals surface area contributed by atoms with E-state index in [1.807, 2.05) is 11.4 Å². The fourth-order valence-electron chi connectivity index (χ4n) is 0.455. The van der Waals surface area contributed by atoms with Gasteiger partial charge in [0.25, 0.3) is 0 Å². The summed E-state index contributed by atoms with van der Waals surface area (Å²) in [6.07, 6.45) is 0. The maximum Gasteiger partial charge on any atom is 0.0984 e. The van der Waals surface area contributed by atoms with Crippen molar-refractivity contribution >= 4 is 34.1 Å². The SMILES string of the molecule is ICOCc1ccsn1. The smallest absolute Gasteiger partial charge is 0.0984 e. The van der Waals surface area contributed by atoms with Gasteiger partial charge in [-0.05, 0) is 17.6 Å². The third-order valence-corrected chi connectivity index (χ3v) is 1.86. The van der Waals surface area contributed by atoms with Crippen LogP contribution in [0.3, 0.4) is 0 Å². The highest BCUT2D eigenvalue weighted by Crippen LogP contribution is 2.01. The molecule has 0 atom stereocenters. The third-order valence-electron chi connectivity index (χ3n) is 0.818. The number of rotatable bonds is 3. The van der Waals surface area contributed by atoms with Gasteiger partial charge in [0.15, 0.2) is 0 Å². The summed E-state index contributed by atoms with van der Waals surface area (Å²) in [7, 11) is 0. The van der Waals surface area contributed by atoms with Gasteiger partial charge in [-0.3, -0.25) is 0 Å². The maximum absolute atomic E-state index is 5.11. The average Bonchev–Trinajstić information content (AvgIpc) is 2.34. The molecule has 0 fully saturated rings. The molecule has 1 heterocycles. The minimum atomic E-state index is 0.645. The Morgan fingerprint density at radius 1 is 1.78 bits per heavy atom. The Balaban J connectivity index is 2.30. The number of hydrogen-bond donors (Lipinski definition) is 0. The van der Waals surface area contributed by atoms with Crippen LogP contribution in [0, 0.1) is 0 Å². The molecule has 0 spiro atoms. The van der Waals surface area contributed by atoms with Crippen molar-refractivity contribution in [3.05, 3.63) is 17.1 Å². The highest BCUT2D eigenvalue weighted by Gasteiger charge is 1.91. The van der Waals surface area contributed by atoms with Gasteiger partial charge < -0.3 is 4.74 Å². The highest BCUT2D eigenvalue weighted by atomic mass is 127. The van der Waals surface area contributed by atoms with Crippen molar-refractivity contribution in [2.45, 2.75) is 6.61 Å². The first-order chi connectivity index (χ1) is 4.43. The van der Waals surface area contributed by atoms with Crippen LogP contribution in [-0.4, -0.2) is 8.99 Å². The molecule has 4 heteroatoms. The zero-order valence-corrected chi connectivity index (χ0v) is 7.68. The molecule has 0 radical (unpaired) electrons. The lowest BCUT2D eigenvalue weighted by atomic mass is 10.5. The van der Waals surface area contributed by atoms with Gasteiger partial charge in [-0.25, -0.2) is 0 Å². The van der Waals surface area contributed by atoms with Crippen LogP contribution >= 0.6 is 34.1 Å². The quantitative estimate of drug-likeness (QED) is 0.609. The van der Waals surface area contributed by atoms with Gasteiger partial charge in [0.05, 0.1) is 16.9 Å². The minimum Gasteiger partial charge on any atom is -0.365 e. The number of ether oxygens (including phenoxy) is 1. The molecule has 0 aliphatic rings. The fraction of sp³-hybridized carbons (Fsp3) is 0.400. The van der Waals surface area contributed by atoms with Gasteiger partial charge in [-0.2, -0.15) is 4.37 Å². The molecule has 0 aliphatic carbocycles. The molecule has 0 aliphatic heterocycles. The van der Waals surface area contributed by atoms with Crippen LogP contribution < -0.4 is 0 Å². The molecule has 9 heavy (non-hydrogen) atoms. The molecule has 0 aromatic carbocycles. The zero-order chi connectivity index (χ0) is 6.53. The molecular weight excluding hydrogens is 249 g/mol. The molecule has 2 nitrogen and oxygen atoms in total. The Morgan fingerprint density at radius 3 is 3.22 bits per heavy atom. The number of nitrogens with zero attached hydrogens (tertiary/aromatic N) is 1. The van der Waals surface area contributed by atoms with E-state index in [0.29, 0.717) is 6.61 Å². The highest BCUT2D eigenvalue weighted by molar-refractivity contribution is 14.1. The van der Waals surface area contributed by atoms with Crippen molar-refractivity contribution in [2.24, 2.45) is 0 Å². The largest absolute Gasteiger partial charge is 0.365 e. The molecule has 0 unspecified atom stereocenters. The molecule has 50 valence electrons. The molecule has 1 rings (SSSR count). The lowest BCUT2D eigenvalue weighted by Gasteiger charge is -1.92. The Hall–Kier alpha value is 0.320. The lowest BCUT2D eigenvalue weighted by molar-refractivity contribution is 0.174.